The Balaban J connectivity index is 1.86. The minimum absolute atomic E-state index is 0.232. The summed E-state index contributed by atoms with van der Waals surface area (Å²) >= 11 is 3.67. The van der Waals surface area contributed by atoms with Crippen LogP contribution in [0.5, 0.6) is 5.75 Å². The van der Waals surface area contributed by atoms with E-state index in [0.29, 0.717) is 5.75 Å². The molecule has 0 fully saturated rings. The molecule has 0 amide bonds. The minimum atomic E-state index is 0.232. The third kappa shape index (κ3) is 4.59. The Kier molecular flexibility index (Phi) is 5.54. The molecule has 3 rings (SSSR count). The fourth-order valence-electron chi connectivity index (χ4n) is 2.27. The first kappa shape index (κ1) is 17.0. The van der Waals surface area contributed by atoms with Gasteiger partial charge in [0.1, 0.15) is 5.75 Å². The number of benzene rings is 3. The largest absolute Gasteiger partial charge is 0.508 e. The van der Waals surface area contributed by atoms with Crippen LogP contribution in [0.25, 0.3) is 0 Å². The van der Waals surface area contributed by atoms with Gasteiger partial charge in [0.2, 0.25) is 0 Å². The second kappa shape index (κ2) is 7.82. The van der Waals surface area contributed by atoms with E-state index >= 15 is 0 Å². The van der Waals surface area contributed by atoms with Gasteiger partial charge in [-0.2, -0.15) is 0 Å². The Hall–Kier alpha value is -1.84. The Morgan fingerprint density at radius 2 is 1.04 bits per heavy atom. The van der Waals surface area contributed by atoms with E-state index in [9.17, 15) is 5.11 Å². The summed E-state index contributed by atoms with van der Waals surface area (Å²) in [5, 5.41) is 9.57. The topological polar surface area (TPSA) is 20.2 Å². The smallest absolute Gasteiger partial charge is 0.115 e. The van der Waals surface area contributed by atoms with Gasteiger partial charge in [-0.15, -0.1) is 23.5 Å². The minimum Gasteiger partial charge on any atom is -0.508 e. The molecule has 0 radical (unpaired) electrons. The zero-order valence-electron chi connectivity index (χ0n) is 13.8. The molecular weight excluding hydrogens is 332 g/mol. The van der Waals surface area contributed by atoms with Crippen LogP contribution in [0.3, 0.4) is 0 Å². The summed E-state index contributed by atoms with van der Waals surface area (Å²) in [4.78, 5) is 2.50. The van der Waals surface area contributed by atoms with Crippen molar-refractivity contribution >= 4 is 23.5 Å². The molecule has 0 aliphatic carbocycles. The highest BCUT2D eigenvalue weighted by atomic mass is 32.2. The highest BCUT2D eigenvalue weighted by Gasteiger charge is 2.15. The second-order valence-electron chi connectivity index (χ2n) is 5.79. The summed E-state index contributed by atoms with van der Waals surface area (Å²) in [5.74, 6) is 0.304. The van der Waals surface area contributed by atoms with Crippen LogP contribution in [0.1, 0.15) is 21.3 Å². The van der Waals surface area contributed by atoms with E-state index in [1.807, 2.05) is 35.7 Å². The number of thioether (sulfide) groups is 2. The molecule has 0 unspecified atom stereocenters. The van der Waals surface area contributed by atoms with Gasteiger partial charge in [0, 0.05) is 9.79 Å². The lowest BCUT2D eigenvalue weighted by atomic mass is 10.2. The lowest BCUT2D eigenvalue weighted by Crippen LogP contribution is -1.90. The van der Waals surface area contributed by atoms with Crippen LogP contribution in [-0.4, -0.2) is 5.11 Å². The Morgan fingerprint density at radius 3 is 1.46 bits per heavy atom. The first-order valence-corrected chi connectivity index (χ1v) is 9.62. The van der Waals surface area contributed by atoms with Crippen molar-refractivity contribution in [2.45, 2.75) is 28.2 Å². The summed E-state index contributed by atoms with van der Waals surface area (Å²) in [6.45, 7) is 4.21. The molecule has 0 aliphatic rings. The Bertz CT molecular complexity index is 730. The number of phenols is 1. The highest BCUT2D eigenvalue weighted by Crippen LogP contribution is 2.47. The molecule has 0 aliphatic heterocycles. The van der Waals surface area contributed by atoms with Crippen LogP contribution in [0.4, 0.5) is 0 Å². The van der Waals surface area contributed by atoms with Crippen molar-refractivity contribution in [3.63, 3.8) is 0 Å². The quantitative estimate of drug-likeness (QED) is 0.413. The van der Waals surface area contributed by atoms with E-state index in [-0.39, 0.29) is 4.58 Å². The van der Waals surface area contributed by atoms with Gasteiger partial charge in [-0.05, 0) is 55.8 Å². The number of aromatic hydroxyl groups is 1. The molecule has 1 nitrogen and oxygen atoms in total. The Morgan fingerprint density at radius 1 is 0.625 bits per heavy atom. The molecule has 24 heavy (non-hydrogen) atoms. The van der Waals surface area contributed by atoms with Crippen LogP contribution in [0, 0.1) is 13.8 Å². The number of hydrogen-bond donors (Lipinski definition) is 1. The Labute approximate surface area is 152 Å². The fourth-order valence-corrected chi connectivity index (χ4v) is 4.80. The average molecular weight is 353 g/mol. The lowest BCUT2D eigenvalue weighted by Gasteiger charge is -2.17. The van der Waals surface area contributed by atoms with Gasteiger partial charge in [0.25, 0.3) is 0 Å². The van der Waals surface area contributed by atoms with Crippen LogP contribution in [0.2, 0.25) is 0 Å². The van der Waals surface area contributed by atoms with E-state index in [2.05, 4.69) is 62.4 Å². The van der Waals surface area contributed by atoms with Crippen LogP contribution in [0.15, 0.2) is 82.6 Å². The molecular formula is C21H20OS2. The standard InChI is InChI=1S/C21H20OS2/c1-15-3-11-19(12-4-15)23-21(17-7-9-18(22)10-8-17)24-20-13-5-16(2)6-14-20/h3-14,21-22H,1-2H3. The number of phenolic OH excluding ortho intramolecular Hbond substituents is 1. The van der Waals surface area contributed by atoms with Crippen molar-refractivity contribution in [1.29, 1.82) is 0 Å². The van der Waals surface area contributed by atoms with E-state index in [4.69, 9.17) is 0 Å². The molecule has 3 aromatic rings. The van der Waals surface area contributed by atoms with E-state index in [0.717, 1.165) is 0 Å². The van der Waals surface area contributed by atoms with Crippen molar-refractivity contribution in [3.8, 4) is 5.75 Å². The number of hydrogen-bond acceptors (Lipinski definition) is 3. The molecule has 0 spiro atoms. The average Bonchev–Trinajstić information content (AvgIpc) is 2.59. The van der Waals surface area contributed by atoms with Crippen molar-refractivity contribution < 1.29 is 5.11 Å². The predicted molar refractivity (Wildman–Crippen MR) is 105 cm³/mol. The van der Waals surface area contributed by atoms with Gasteiger partial charge in [-0.3, -0.25) is 0 Å². The van der Waals surface area contributed by atoms with Crippen LogP contribution in [-0.2, 0) is 0 Å². The van der Waals surface area contributed by atoms with Gasteiger partial charge in [-0.1, -0.05) is 47.5 Å². The second-order valence-corrected chi connectivity index (χ2v) is 8.44. The highest BCUT2D eigenvalue weighted by molar-refractivity contribution is 8.16. The molecule has 122 valence electrons. The van der Waals surface area contributed by atoms with Gasteiger partial charge in [0.05, 0.1) is 4.58 Å². The summed E-state index contributed by atoms with van der Waals surface area (Å²) in [6.07, 6.45) is 0. The molecule has 0 saturated heterocycles. The lowest BCUT2D eigenvalue weighted by molar-refractivity contribution is 0.475. The molecule has 0 saturated carbocycles. The fraction of sp³-hybridized carbons (Fsp3) is 0.143. The molecule has 1 N–H and O–H groups in total. The SMILES string of the molecule is Cc1ccc(SC(Sc2ccc(C)cc2)c2ccc(O)cc2)cc1. The van der Waals surface area contributed by atoms with Crippen LogP contribution < -0.4 is 0 Å². The molecule has 0 bridgehead atoms. The van der Waals surface area contributed by atoms with Crippen molar-refractivity contribution in [3.05, 3.63) is 89.5 Å². The summed E-state index contributed by atoms with van der Waals surface area (Å²) in [7, 11) is 0. The molecule has 3 heteroatoms. The third-order valence-corrected chi connectivity index (χ3v) is 6.33. The first-order valence-electron chi connectivity index (χ1n) is 7.86. The summed E-state index contributed by atoms with van der Waals surface area (Å²) in [6, 6.07) is 24.8. The van der Waals surface area contributed by atoms with E-state index in [1.54, 1.807) is 12.1 Å². The normalized spacial score (nSPS) is 11.0. The van der Waals surface area contributed by atoms with E-state index < -0.39 is 0 Å². The monoisotopic (exact) mass is 352 g/mol. The summed E-state index contributed by atoms with van der Waals surface area (Å²) < 4.78 is 0.232. The summed E-state index contributed by atoms with van der Waals surface area (Å²) in [5.41, 5.74) is 3.74. The maximum atomic E-state index is 9.57. The number of aryl methyl sites for hydroxylation is 2. The zero-order chi connectivity index (χ0) is 16.9. The molecule has 0 aromatic heterocycles. The van der Waals surface area contributed by atoms with Crippen molar-refractivity contribution in [2.75, 3.05) is 0 Å². The van der Waals surface area contributed by atoms with Crippen molar-refractivity contribution in [2.24, 2.45) is 0 Å². The predicted octanol–water partition coefficient (Wildman–Crippen LogP) is 6.59. The molecule has 0 atom stereocenters. The molecule has 3 aromatic carbocycles. The van der Waals surface area contributed by atoms with Crippen LogP contribution >= 0.6 is 23.5 Å². The maximum Gasteiger partial charge on any atom is 0.115 e. The molecule has 0 heterocycles. The van der Waals surface area contributed by atoms with Crippen molar-refractivity contribution in [1.82, 2.24) is 0 Å². The van der Waals surface area contributed by atoms with E-state index in [1.165, 1.54) is 26.5 Å². The van der Waals surface area contributed by atoms with Gasteiger partial charge >= 0.3 is 0 Å². The van der Waals surface area contributed by atoms with Gasteiger partial charge in [-0.25, -0.2) is 0 Å². The number of rotatable bonds is 5. The van der Waals surface area contributed by atoms with Gasteiger partial charge < -0.3 is 5.11 Å². The third-order valence-electron chi connectivity index (χ3n) is 3.69. The van der Waals surface area contributed by atoms with Gasteiger partial charge in [0.15, 0.2) is 0 Å². The zero-order valence-corrected chi connectivity index (χ0v) is 15.4. The first-order chi connectivity index (χ1) is 11.6. The maximum absolute atomic E-state index is 9.57.